The summed E-state index contributed by atoms with van der Waals surface area (Å²) >= 11 is 0. The number of amides is 4. The van der Waals surface area contributed by atoms with Gasteiger partial charge in [-0.2, -0.15) is 4.79 Å². The summed E-state index contributed by atoms with van der Waals surface area (Å²) < 4.78 is 17.8. The molecule has 1 aromatic carbocycles. The van der Waals surface area contributed by atoms with Crippen LogP contribution in [0.25, 0.3) is 0 Å². The predicted octanol–water partition coefficient (Wildman–Crippen LogP) is 1.88. The molecule has 10 nitrogen and oxygen atoms in total. The minimum atomic E-state index is -0.635. The summed E-state index contributed by atoms with van der Waals surface area (Å²) in [7, 11) is 0. The van der Waals surface area contributed by atoms with E-state index in [9.17, 15) is 19.2 Å². The number of hydrogen-bond donors (Lipinski definition) is 1. The molecular weight excluding hydrogens is 442 g/mol. The number of hydrogen-bond acceptors (Lipinski definition) is 7. The smallest absolute Gasteiger partial charge is 0.493 e. The molecule has 0 bridgehead atoms. The highest BCUT2D eigenvalue weighted by Crippen LogP contribution is 2.30. The van der Waals surface area contributed by atoms with Crippen LogP contribution < -0.4 is 10.1 Å². The maximum atomic E-state index is 12.7. The van der Waals surface area contributed by atoms with Crippen LogP contribution in [0.1, 0.15) is 56.0 Å². The van der Waals surface area contributed by atoms with Gasteiger partial charge in [0.25, 0.3) is 5.91 Å². The fraction of sp³-hybridized carbons (Fsp3) is 0.542. The van der Waals surface area contributed by atoms with Gasteiger partial charge in [0.2, 0.25) is 11.8 Å². The molecule has 2 heterocycles. The van der Waals surface area contributed by atoms with Crippen LogP contribution in [0, 0.1) is 0 Å². The summed E-state index contributed by atoms with van der Waals surface area (Å²) in [5, 5.41) is 2.30. The molecule has 3 rings (SSSR count). The lowest BCUT2D eigenvalue weighted by molar-refractivity contribution is -0.446. The second-order valence-corrected chi connectivity index (χ2v) is 9.28. The molecule has 0 aromatic heterocycles. The Morgan fingerprint density at radius 2 is 1.97 bits per heavy atom. The molecule has 4 amide bonds. The van der Waals surface area contributed by atoms with E-state index >= 15 is 0 Å². The normalized spacial score (nSPS) is 17.9. The zero-order valence-corrected chi connectivity index (χ0v) is 19.9. The van der Waals surface area contributed by atoms with Gasteiger partial charge in [-0.3, -0.25) is 19.7 Å². The molecule has 1 N–H and O–H groups in total. The maximum absolute atomic E-state index is 12.7. The lowest BCUT2D eigenvalue weighted by Gasteiger charge is -2.29. The van der Waals surface area contributed by atoms with Crippen LogP contribution in [0.3, 0.4) is 0 Å². The average Bonchev–Trinajstić information content (AvgIpc) is 3.07. The number of benzene rings is 1. The van der Waals surface area contributed by atoms with Crippen LogP contribution in [-0.4, -0.2) is 78.0 Å². The highest BCUT2D eigenvalue weighted by molar-refractivity contribution is 6.05. The van der Waals surface area contributed by atoms with Crippen molar-refractivity contribution in [2.75, 3.05) is 26.4 Å². The Balaban J connectivity index is 1.37. The Labute approximate surface area is 198 Å². The van der Waals surface area contributed by atoms with E-state index in [1.807, 2.05) is 0 Å². The molecule has 0 radical (unpaired) electrons. The van der Waals surface area contributed by atoms with Crippen molar-refractivity contribution in [3.05, 3.63) is 29.3 Å². The van der Waals surface area contributed by atoms with E-state index < -0.39 is 23.6 Å². The SMILES string of the molecule is C=[N+](CCOCCCOc1ccc2c(c1)CN(C1CCC(=O)NC1=O)C2=O)C(=O)OC(C)(C)C. The number of nitrogens with one attached hydrogen (secondary N) is 1. The van der Waals surface area contributed by atoms with Gasteiger partial charge >= 0.3 is 6.09 Å². The average molecular weight is 475 g/mol. The van der Waals surface area contributed by atoms with Crippen LogP contribution in [-0.2, 0) is 25.6 Å². The second-order valence-electron chi connectivity index (χ2n) is 9.28. The summed E-state index contributed by atoms with van der Waals surface area (Å²) in [5.74, 6) is -0.320. The van der Waals surface area contributed by atoms with Crippen molar-refractivity contribution in [1.82, 2.24) is 10.2 Å². The van der Waals surface area contributed by atoms with Crippen LogP contribution >= 0.6 is 0 Å². The number of fused-ring (bicyclic) bond motifs is 1. The van der Waals surface area contributed by atoms with Crippen molar-refractivity contribution < 1.29 is 38.0 Å². The van der Waals surface area contributed by atoms with Crippen molar-refractivity contribution in [2.45, 2.75) is 58.2 Å². The highest BCUT2D eigenvalue weighted by atomic mass is 16.6. The van der Waals surface area contributed by atoms with Gasteiger partial charge in [-0.15, -0.1) is 4.58 Å². The highest BCUT2D eigenvalue weighted by Gasteiger charge is 2.39. The Hall–Kier alpha value is -3.27. The molecule has 10 heteroatoms. The fourth-order valence-electron chi connectivity index (χ4n) is 3.69. The number of ether oxygens (including phenoxy) is 3. The van der Waals surface area contributed by atoms with E-state index in [1.165, 1.54) is 9.48 Å². The molecule has 0 saturated carbocycles. The second kappa shape index (κ2) is 10.8. The van der Waals surface area contributed by atoms with E-state index in [1.54, 1.807) is 39.0 Å². The van der Waals surface area contributed by atoms with Gasteiger partial charge in [0.1, 0.15) is 30.7 Å². The van der Waals surface area contributed by atoms with Crippen molar-refractivity contribution in [2.24, 2.45) is 0 Å². The molecule has 184 valence electrons. The van der Waals surface area contributed by atoms with Crippen LogP contribution in [0.15, 0.2) is 18.2 Å². The van der Waals surface area contributed by atoms with Gasteiger partial charge in [-0.25, -0.2) is 0 Å². The standard InChI is InChI=1S/C24H31N3O7/c1-24(2,3)34-23(31)26(4)10-13-32-11-5-12-33-17-6-7-18-16(14-17)15-27(22(18)30)19-8-9-20(28)25-21(19)29/h6-7,14,19H,4-5,8-13,15H2,1-3H3/p+1. The van der Waals surface area contributed by atoms with Gasteiger partial charge in [0.15, 0.2) is 6.54 Å². The van der Waals surface area contributed by atoms with E-state index in [4.69, 9.17) is 14.2 Å². The molecule has 1 unspecified atom stereocenters. The van der Waals surface area contributed by atoms with Crippen molar-refractivity contribution >= 4 is 30.5 Å². The summed E-state index contributed by atoms with van der Waals surface area (Å²) in [6.45, 7) is 10.9. The molecule has 1 atom stereocenters. The Morgan fingerprint density at radius 3 is 2.68 bits per heavy atom. The third-order valence-electron chi connectivity index (χ3n) is 5.35. The molecular formula is C24H32N3O7+. The quantitative estimate of drug-likeness (QED) is 0.252. The van der Waals surface area contributed by atoms with Crippen LogP contribution in [0.4, 0.5) is 4.79 Å². The number of piperidine rings is 1. The van der Waals surface area contributed by atoms with Crippen molar-refractivity contribution in [3.8, 4) is 5.75 Å². The summed E-state index contributed by atoms with van der Waals surface area (Å²) in [6.07, 6.45) is 0.700. The third kappa shape index (κ3) is 6.63. The lowest BCUT2D eigenvalue weighted by atomic mass is 10.0. The monoisotopic (exact) mass is 474 g/mol. The predicted molar refractivity (Wildman–Crippen MR) is 122 cm³/mol. The number of carbonyl (C=O) groups excluding carboxylic acids is 4. The fourth-order valence-corrected chi connectivity index (χ4v) is 3.69. The van der Waals surface area contributed by atoms with E-state index in [0.717, 1.165) is 5.56 Å². The maximum Gasteiger partial charge on any atom is 0.596 e. The van der Waals surface area contributed by atoms with Crippen molar-refractivity contribution in [1.29, 1.82) is 0 Å². The Morgan fingerprint density at radius 1 is 1.21 bits per heavy atom. The zero-order chi connectivity index (χ0) is 24.9. The topological polar surface area (TPSA) is 114 Å². The Bertz CT molecular complexity index is 983. The van der Waals surface area contributed by atoms with Crippen LogP contribution in [0.2, 0.25) is 0 Å². The van der Waals surface area contributed by atoms with Gasteiger partial charge < -0.3 is 19.1 Å². The number of nitrogens with zero attached hydrogens (tertiary/aromatic N) is 2. The first-order valence-electron chi connectivity index (χ1n) is 11.3. The molecule has 34 heavy (non-hydrogen) atoms. The zero-order valence-electron chi connectivity index (χ0n) is 19.9. The number of imide groups is 1. The molecule has 0 aliphatic carbocycles. The lowest BCUT2D eigenvalue weighted by Crippen LogP contribution is -2.52. The van der Waals surface area contributed by atoms with Crippen LogP contribution in [0.5, 0.6) is 5.75 Å². The molecule has 1 aromatic rings. The molecule has 2 aliphatic heterocycles. The molecule has 0 spiro atoms. The minimum Gasteiger partial charge on any atom is -0.493 e. The number of rotatable bonds is 9. The summed E-state index contributed by atoms with van der Waals surface area (Å²) in [6, 6.07) is 4.60. The minimum absolute atomic E-state index is 0.213. The first-order chi connectivity index (χ1) is 16.0. The third-order valence-corrected chi connectivity index (χ3v) is 5.35. The van der Waals surface area contributed by atoms with E-state index in [2.05, 4.69) is 12.0 Å². The first kappa shape index (κ1) is 25.4. The molecule has 1 fully saturated rings. The largest absolute Gasteiger partial charge is 0.596 e. The first-order valence-corrected chi connectivity index (χ1v) is 11.3. The Kier molecular flexibility index (Phi) is 8.03. The van der Waals surface area contributed by atoms with Crippen molar-refractivity contribution in [3.63, 3.8) is 0 Å². The van der Waals surface area contributed by atoms with E-state index in [-0.39, 0.29) is 18.2 Å². The summed E-state index contributed by atoms with van der Waals surface area (Å²) in [5.41, 5.74) is 0.767. The van der Waals surface area contributed by atoms with E-state index in [0.29, 0.717) is 57.1 Å². The number of carbonyl (C=O) groups is 4. The van der Waals surface area contributed by atoms with Gasteiger partial charge in [0.05, 0.1) is 13.2 Å². The summed E-state index contributed by atoms with van der Waals surface area (Å²) in [4.78, 5) is 49.6. The molecule has 1 saturated heterocycles. The molecule has 2 aliphatic rings. The van der Waals surface area contributed by atoms with Gasteiger partial charge in [0, 0.05) is 24.9 Å². The van der Waals surface area contributed by atoms with Gasteiger partial charge in [-0.05, 0) is 51.0 Å². The van der Waals surface area contributed by atoms with Gasteiger partial charge in [-0.1, -0.05) is 0 Å².